The van der Waals surface area contributed by atoms with Crippen molar-refractivity contribution in [1.29, 1.82) is 0 Å². The van der Waals surface area contributed by atoms with Crippen LogP contribution < -0.4 is 11.1 Å². The molecule has 4 nitrogen and oxygen atoms in total. The molecule has 0 aliphatic carbocycles. The Kier molecular flexibility index (Phi) is 3.37. The molecule has 4 heteroatoms. The minimum absolute atomic E-state index is 0.119. The molecule has 0 spiro atoms. The minimum atomic E-state index is -0.224. The average Bonchev–Trinajstić information content (AvgIpc) is 2.76. The number of hydrogen-bond acceptors (Lipinski definition) is 3. The van der Waals surface area contributed by atoms with Crippen LogP contribution in [0.15, 0.2) is 40.8 Å². The number of furan rings is 1. The maximum Gasteiger partial charge on any atom is 0.287 e. The third-order valence-electron chi connectivity index (χ3n) is 2.72. The van der Waals surface area contributed by atoms with Gasteiger partial charge in [-0.05, 0) is 43.7 Å². The van der Waals surface area contributed by atoms with Gasteiger partial charge in [0, 0.05) is 5.69 Å². The highest BCUT2D eigenvalue weighted by molar-refractivity contribution is 5.91. The van der Waals surface area contributed by atoms with Crippen LogP contribution in [0.1, 0.15) is 34.8 Å². The van der Waals surface area contributed by atoms with Gasteiger partial charge >= 0.3 is 0 Å². The van der Waals surface area contributed by atoms with E-state index in [0.29, 0.717) is 11.4 Å². The molecule has 18 heavy (non-hydrogen) atoms. The number of carbonyl (C=O) groups excluding carboxylic acids is 1. The molecule has 0 aliphatic heterocycles. The summed E-state index contributed by atoms with van der Waals surface area (Å²) in [4.78, 5) is 11.9. The molecule has 0 saturated carbocycles. The summed E-state index contributed by atoms with van der Waals surface area (Å²) in [6.07, 6.45) is 0. The molecule has 1 atom stereocenters. The van der Waals surface area contributed by atoms with Gasteiger partial charge in [0.1, 0.15) is 5.76 Å². The van der Waals surface area contributed by atoms with Gasteiger partial charge in [-0.15, -0.1) is 0 Å². The number of aryl methyl sites for hydroxylation is 1. The van der Waals surface area contributed by atoms with Crippen molar-refractivity contribution in [2.45, 2.75) is 19.9 Å². The number of rotatable bonds is 3. The third kappa shape index (κ3) is 2.71. The van der Waals surface area contributed by atoms with Crippen LogP contribution in [0.25, 0.3) is 0 Å². The molecule has 0 radical (unpaired) electrons. The summed E-state index contributed by atoms with van der Waals surface area (Å²) in [7, 11) is 0. The van der Waals surface area contributed by atoms with E-state index in [-0.39, 0.29) is 11.9 Å². The predicted octanol–water partition coefficient (Wildman–Crippen LogP) is 2.66. The molecule has 0 aliphatic rings. The van der Waals surface area contributed by atoms with Crippen molar-refractivity contribution in [3.63, 3.8) is 0 Å². The Labute approximate surface area is 106 Å². The van der Waals surface area contributed by atoms with Crippen LogP contribution in [0.5, 0.6) is 0 Å². The minimum Gasteiger partial charge on any atom is -0.456 e. The molecule has 0 saturated heterocycles. The van der Waals surface area contributed by atoms with Gasteiger partial charge in [-0.25, -0.2) is 0 Å². The summed E-state index contributed by atoms with van der Waals surface area (Å²) in [6, 6.07) is 10.8. The van der Waals surface area contributed by atoms with Crippen molar-refractivity contribution >= 4 is 11.6 Å². The fourth-order valence-electron chi connectivity index (χ4n) is 1.74. The van der Waals surface area contributed by atoms with Crippen molar-refractivity contribution in [2.75, 3.05) is 5.73 Å². The summed E-state index contributed by atoms with van der Waals surface area (Å²) in [6.45, 7) is 3.71. The zero-order chi connectivity index (χ0) is 13.1. The second-order valence-electron chi connectivity index (χ2n) is 4.28. The summed E-state index contributed by atoms with van der Waals surface area (Å²) >= 11 is 0. The van der Waals surface area contributed by atoms with Gasteiger partial charge in [-0.2, -0.15) is 0 Å². The third-order valence-corrected chi connectivity index (χ3v) is 2.72. The van der Waals surface area contributed by atoms with Crippen LogP contribution in [0.4, 0.5) is 5.69 Å². The number of nitrogens with one attached hydrogen (secondary N) is 1. The van der Waals surface area contributed by atoms with Gasteiger partial charge in [-0.3, -0.25) is 4.79 Å². The monoisotopic (exact) mass is 244 g/mol. The molecule has 94 valence electrons. The Bertz CT molecular complexity index is 560. The van der Waals surface area contributed by atoms with Crippen molar-refractivity contribution < 1.29 is 9.21 Å². The van der Waals surface area contributed by atoms with Crippen LogP contribution >= 0.6 is 0 Å². The smallest absolute Gasteiger partial charge is 0.287 e. The molecule has 1 amide bonds. The lowest BCUT2D eigenvalue weighted by atomic mass is 10.1. The maximum absolute atomic E-state index is 11.9. The van der Waals surface area contributed by atoms with E-state index in [1.165, 1.54) is 0 Å². The zero-order valence-corrected chi connectivity index (χ0v) is 10.4. The van der Waals surface area contributed by atoms with Crippen LogP contribution in [0.3, 0.4) is 0 Å². The Morgan fingerprint density at radius 1 is 1.33 bits per heavy atom. The molecule has 0 fully saturated rings. The van der Waals surface area contributed by atoms with Gasteiger partial charge in [0.05, 0.1) is 6.04 Å². The molecule has 2 aromatic rings. The van der Waals surface area contributed by atoms with Crippen LogP contribution in [0.2, 0.25) is 0 Å². The lowest BCUT2D eigenvalue weighted by Crippen LogP contribution is -2.26. The summed E-state index contributed by atoms with van der Waals surface area (Å²) in [5.41, 5.74) is 7.36. The lowest BCUT2D eigenvalue weighted by molar-refractivity contribution is 0.0910. The van der Waals surface area contributed by atoms with E-state index in [4.69, 9.17) is 10.2 Å². The average molecular weight is 244 g/mol. The molecule has 1 unspecified atom stereocenters. The molecule has 1 aromatic heterocycles. The number of benzene rings is 1. The van der Waals surface area contributed by atoms with Crippen molar-refractivity contribution in [3.05, 3.63) is 53.5 Å². The first-order chi connectivity index (χ1) is 8.56. The van der Waals surface area contributed by atoms with Gasteiger partial charge in [-0.1, -0.05) is 12.1 Å². The first-order valence-electron chi connectivity index (χ1n) is 5.79. The van der Waals surface area contributed by atoms with Crippen LogP contribution in [0, 0.1) is 6.92 Å². The van der Waals surface area contributed by atoms with Gasteiger partial charge < -0.3 is 15.5 Å². The zero-order valence-electron chi connectivity index (χ0n) is 10.4. The van der Waals surface area contributed by atoms with E-state index < -0.39 is 0 Å². The van der Waals surface area contributed by atoms with Gasteiger partial charge in [0.15, 0.2) is 5.76 Å². The number of nitrogens with two attached hydrogens (primary N) is 1. The largest absolute Gasteiger partial charge is 0.456 e. The first-order valence-corrected chi connectivity index (χ1v) is 5.79. The Balaban J connectivity index is 2.07. The molecule has 1 heterocycles. The Hall–Kier alpha value is -2.23. The maximum atomic E-state index is 11.9. The number of amides is 1. The quantitative estimate of drug-likeness (QED) is 0.815. The molecular weight excluding hydrogens is 228 g/mol. The van der Waals surface area contributed by atoms with E-state index in [0.717, 1.165) is 11.3 Å². The number of nitrogen functional groups attached to an aromatic ring is 1. The normalized spacial score (nSPS) is 12.1. The molecule has 1 aromatic carbocycles. The Morgan fingerprint density at radius 2 is 2.11 bits per heavy atom. The number of carbonyl (C=O) groups is 1. The predicted molar refractivity (Wildman–Crippen MR) is 70.2 cm³/mol. The van der Waals surface area contributed by atoms with Crippen molar-refractivity contribution in [1.82, 2.24) is 5.32 Å². The standard InChI is InChI=1S/C14H16N2O2/c1-9-6-7-13(18-9)14(17)16-10(2)11-4-3-5-12(15)8-11/h3-8,10H,15H2,1-2H3,(H,16,17). The SMILES string of the molecule is Cc1ccc(C(=O)NC(C)c2cccc(N)c2)o1. The highest BCUT2D eigenvalue weighted by Gasteiger charge is 2.14. The topological polar surface area (TPSA) is 68.3 Å². The second-order valence-corrected chi connectivity index (χ2v) is 4.28. The molecule has 0 bridgehead atoms. The number of hydrogen-bond donors (Lipinski definition) is 2. The molecule has 2 rings (SSSR count). The summed E-state index contributed by atoms with van der Waals surface area (Å²) in [5.74, 6) is 0.818. The van der Waals surface area contributed by atoms with Crippen LogP contribution in [-0.2, 0) is 0 Å². The van der Waals surface area contributed by atoms with E-state index in [1.807, 2.05) is 31.2 Å². The summed E-state index contributed by atoms with van der Waals surface area (Å²) in [5, 5.41) is 2.86. The fraction of sp³-hybridized carbons (Fsp3) is 0.214. The highest BCUT2D eigenvalue weighted by Crippen LogP contribution is 2.16. The first kappa shape index (κ1) is 12.2. The van der Waals surface area contributed by atoms with E-state index in [1.54, 1.807) is 19.1 Å². The van der Waals surface area contributed by atoms with E-state index in [9.17, 15) is 4.79 Å². The van der Waals surface area contributed by atoms with Crippen LogP contribution in [-0.4, -0.2) is 5.91 Å². The molecular formula is C14H16N2O2. The van der Waals surface area contributed by atoms with E-state index in [2.05, 4.69) is 5.32 Å². The van der Waals surface area contributed by atoms with Crippen molar-refractivity contribution in [3.8, 4) is 0 Å². The second kappa shape index (κ2) is 4.96. The fourth-order valence-corrected chi connectivity index (χ4v) is 1.74. The number of anilines is 1. The van der Waals surface area contributed by atoms with E-state index >= 15 is 0 Å². The molecule has 3 N–H and O–H groups in total. The van der Waals surface area contributed by atoms with Gasteiger partial charge in [0.2, 0.25) is 0 Å². The van der Waals surface area contributed by atoms with Gasteiger partial charge in [0.25, 0.3) is 5.91 Å². The lowest BCUT2D eigenvalue weighted by Gasteiger charge is -2.13. The Morgan fingerprint density at radius 3 is 2.72 bits per heavy atom. The van der Waals surface area contributed by atoms with Crippen molar-refractivity contribution in [2.24, 2.45) is 0 Å². The summed E-state index contributed by atoms with van der Waals surface area (Å²) < 4.78 is 5.27. The highest BCUT2D eigenvalue weighted by atomic mass is 16.3.